The normalized spacial score (nSPS) is 40.9. The zero-order valence-electron chi connectivity index (χ0n) is 28.3. The number of hydrogen-bond donors (Lipinski definition) is 2. The van der Waals surface area contributed by atoms with Crippen LogP contribution >= 0.6 is 0 Å². The van der Waals surface area contributed by atoms with Crippen LogP contribution in [0.3, 0.4) is 0 Å². The molecule has 2 unspecified atom stereocenters. The van der Waals surface area contributed by atoms with E-state index in [1.54, 1.807) is 7.11 Å². The number of hydrogen-bond acceptors (Lipinski definition) is 5. The van der Waals surface area contributed by atoms with Gasteiger partial charge in [0.05, 0.1) is 18.8 Å². The predicted octanol–water partition coefficient (Wildman–Crippen LogP) is 8.02. The second-order valence-corrected chi connectivity index (χ2v) is 16.7. The smallest absolute Gasteiger partial charge is 0.408 e. The molecule has 6 nitrogen and oxygen atoms in total. The van der Waals surface area contributed by atoms with Crippen molar-refractivity contribution in [2.24, 2.45) is 45.3 Å². The molecule has 0 spiro atoms. The number of aliphatic hydroxyl groups excluding tert-OH is 1. The van der Waals surface area contributed by atoms with E-state index in [0.29, 0.717) is 18.3 Å². The fourth-order valence-corrected chi connectivity index (χ4v) is 11.8. The van der Waals surface area contributed by atoms with Gasteiger partial charge in [0.1, 0.15) is 12.4 Å². The van der Waals surface area contributed by atoms with Gasteiger partial charge in [-0.1, -0.05) is 60.6 Å². The number of aliphatic hydroxyl groups is 1. The fourth-order valence-electron chi connectivity index (χ4n) is 11.8. The first-order valence-electron chi connectivity index (χ1n) is 17.2. The number of Topliss-reactive ketones (excluding diaryl/α,β-unsaturated/α-hetero) is 1. The molecule has 1 aromatic rings. The summed E-state index contributed by atoms with van der Waals surface area (Å²) in [6.45, 7) is 16.7. The van der Waals surface area contributed by atoms with Crippen LogP contribution in [0, 0.1) is 45.3 Å². The van der Waals surface area contributed by atoms with Crippen LogP contribution in [-0.2, 0) is 16.1 Å². The van der Waals surface area contributed by atoms with Crippen molar-refractivity contribution in [2.45, 2.75) is 125 Å². The van der Waals surface area contributed by atoms with E-state index in [2.05, 4.69) is 53.8 Å². The molecule has 44 heavy (non-hydrogen) atoms. The maximum absolute atomic E-state index is 13.8. The Bertz CT molecular complexity index is 1350. The number of rotatable bonds is 5. The molecule has 5 aliphatic carbocycles. The molecule has 242 valence electrons. The fraction of sp³-hybridized carbons (Fsp3) is 0.737. The minimum Gasteiger partial charge on any atom is -0.497 e. The van der Waals surface area contributed by atoms with E-state index in [9.17, 15) is 14.7 Å². The summed E-state index contributed by atoms with van der Waals surface area (Å²) in [4.78, 5) is 27.2. The molecule has 2 N–H and O–H groups in total. The highest BCUT2D eigenvalue weighted by molar-refractivity contribution is 6.02. The number of carbonyl (C=O) groups is 2. The van der Waals surface area contributed by atoms with Crippen molar-refractivity contribution in [3.8, 4) is 5.75 Å². The van der Waals surface area contributed by atoms with Gasteiger partial charge in [-0.3, -0.25) is 4.79 Å². The van der Waals surface area contributed by atoms with Crippen molar-refractivity contribution >= 4 is 11.9 Å². The quantitative estimate of drug-likeness (QED) is 0.355. The molecule has 0 saturated heterocycles. The lowest BCUT2D eigenvalue weighted by molar-refractivity contribution is -0.226. The van der Waals surface area contributed by atoms with Crippen LogP contribution in [-0.4, -0.2) is 35.7 Å². The summed E-state index contributed by atoms with van der Waals surface area (Å²) < 4.78 is 11.0. The molecule has 4 fully saturated rings. The number of nitrogens with one attached hydrogen (secondary N) is 1. The van der Waals surface area contributed by atoms with Gasteiger partial charge in [-0.25, -0.2) is 4.79 Å². The lowest BCUT2D eigenvalue weighted by Crippen LogP contribution is -2.67. The van der Waals surface area contributed by atoms with Gasteiger partial charge in [-0.05, 0) is 126 Å². The molecule has 0 bridgehead atoms. The maximum atomic E-state index is 13.8. The highest BCUT2D eigenvalue weighted by atomic mass is 16.5. The van der Waals surface area contributed by atoms with E-state index in [1.165, 1.54) is 5.57 Å². The predicted molar refractivity (Wildman–Crippen MR) is 172 cm³/mol. The van der Waals surface area contributed by atoms with E-state index >= 15 is 0 Å². The van der Waals surface area contributed by atoms with Crippen molar-refractivity contribution in [1.29, 1.82) is 0 Å². The van der Waals surface area contributed by atoms with E-state index < -0.39 is 11.6 Å². The van der Waals surface area contributed by atoms with Crippen molar-refractivity contribution < 1.29 is 24.2 Å². The van der Waals surface area contributed by atoms with Crippen LogP contribution in [0.25, 0.3) is 0 Å². The van der Waals surface area contributed by atoms with Crippen molar-refractivity contribution in [3.63, 3.8) is 0 Å². The average Bonchev–Trinajstić information content (AvgIpc) is 3.26. The lowest BCUT2D eigenvalue weighted by atomic mass is 9.33. The Morgan fingerprint density at radius 3 is 2.30 bits per heavy atom. The summed E-state index contributed by atoms with van der Waals surface area (Å²) >= 11 is 0. The number of benzene rings is 1. The first kappa shape index (κ1) is 31.6. The van der Waals surface area contributed by atoms with Gasteiger partial charge in [0.25, 0.3) is 0 Å². The molecule has 4 saturated carbocycles. The van der Waals surface area contributed by atoms with Gasteiger partial charge in [-0.2, -0.15) is 0 Å². The number of allylic oxidation sites excluding steroid dienone is 1. The molecule has 8 atom stereocenters. The molecule has 0 radical (unpaired) electrons. The second kappa shape index (κ2) is 10.6. The van der Waals surface area contributed by atoms with Crippen molar-refractivity contribution in [2.75, 3.05) is 7.11 Å². The molecular formula is C38H55NO5. The van der Waals surface area contributed by atoms with Crippen LogP contribution in [0.5, 0.6) is 5.75 Å². The number of alkyl carbamates (subject to hydrolysis) is 1. The van der Waals surface area contributed by atoms with E-state index in [1.807, 2.05) is 24.3 Å². The summed E-state index contributed by atoms with van der Waals surface area (Å²) in [6, 6.07) is 7.54. The molecule has 0 aromatic heterocycles. The van der Waals surface area contributed by atoms with Gasteiger partial charge in [0.15, 0.2) is 5.78 Å². The molecule has 0 aliphatic heterocycles. The third-order valence-corrected chi connectivity index (χ3v) is 14.3. The Morgan fingerprint density at radius 2 is 1.64 bits per heavy atom. The molecule has 6 heteroatoms. The monoisotopic (exact) mass is 605 g/mol. The number of fused-ring (bicyclic) bond motifs is 7. The minimum atomic E-state index is -0.668. The Balaban J connectivity index is 1.31. The largest absolute Gasteiger partial charge is 0.497 e. The summed E-state index contributed by atoms with van der Waals surface area (Å²) in [5.41, 5.74) is 2.68. The number of amides is 1. The first-order valence-corrected chi connectivity index (χ1v) is 17.2. The Morgan fingerprint density at radius 1 is 0.932 bits per heavy atom. The van der Waals surface area contributed by atoms with Crippen molar-refractivity contribution in [3.05, 3.63) is 41.0 Å². The van der Waals surface area contributed by atoms with Crippen LogP contribution in [0.1, 0.15) is 112 Å². The van der Waals surface area contributed by atoms with E-state index in [-0.39, 0.29) is 52.0 Å². The topological polar surface area (TPSA) is 84.9 Å². The summed E-state index contributed by atoms with van der Waals surface area (Å²) in [5.74, 6) is 2.42. The number of carbonyl (C=O) groups excluding carboxylic acids is 2. The maximum Gasteiger partial charge on any atom is 0.408 e. The summed E-state index contributed by atoms with van der Waals surface area (Å²) in [6.07, 6.45) is 7.87. The zero-order valence-corrected chi connectivity index (χ0v) is 28.3. The van der Waals surface area contributed by atoms with Crippen LogP contribution in [0.4, 0.5) is 4.79 Å². The second-order valence-electron chi connectivity index (χ2n) is 16.7. The van der Waals surface area contributed by atoms with Crippen LogP contribution < -0.4 is 10.1 Å². The number of ether oxygens (including phenoxy) is 2. The third-order valence-electron chi connectivity index (χ3n) is 14.3. The average molecular weight is 606 g/mol. The summed E-state index contributed by atoms with van der Waals surface area (Å²) in [5, 5.41) is 14.3. The van der Waals surface area contributed by atoms with Gasteiger partial charge in [0, 0.05) is 6.42 Å². The molecule has 0 heterocycles. The summed E-state index contributed by atoms with van der Waals surface area (Å²) in [7, 11) is 1.63. The van der Waals surface area contributed by atoms with Gasteiger partial charge in [-0.15, -0.1) is 0 Å². The van der Waals surface area contributed by atoms with Gasteiger partial charge < -0.3 is 19.9 Å². The Hall–Kier alpha value is -2.34. The Labute approximate surface area is 264 Å². The number of ketones is 1. The van der Waals surface area contributed by atoms with Gasteiger partial charge >= 0.3 is 6.09 Å². The Kier molecular flexibility index (Phi) is 7.62. The standard InChI is InChI=1S/C38H55NO5/c1-23(2)31-27(40)21-38(39-33(42)44-22-24-9-11-25(43-8)12-10-24)20-19-36(6)26(32(31)38)13-14-29-35(5)17-16-30(41)34(3,4)28(35)15-18-37(29,36)7/h9-12,23,26,28-30,41H,13-22H2,1-8H3,(H,39,42)/t26-,28?,29?,30+,35+,36-,37-,38-/m1/s1. The highest BCUT2D eigenvalue weighted by Gasteiger charge is 2.70. The molecule has 6 rings (SSSR count). The van der Waals surface area contributed by atoms with Crippen LogP contribution in [0.15, 0.2) is 35.4 Å². The highest BCUT2D eigenvalue weighted by Crippen LogP contribution is 2.75. The van der Waals surface area contributed by atoms with E-state index in [4.69, 9.17) is 9.47 Å². The lowest BCUT2D eigenvalue weighted by Gasteiger charge is -2.72. The molecule has 1 amide bonds. The van der Waals surface area contributed by atoms with Gasteiger partial charge in [0.2, 0.25) is 0 Å². The number of methoxy groups -OCH3 is 1. The third kappa shape index (κ3) is 4.43. The first-order chi connectivity index (χ1) is 20.6. The molecule has 1 aromatic carbocycles. The van der Waals surface area contributed by atoms with Crippen molar-refractivity contribution in [1.82, 2.24) is 5.32 Å². The van der Waals surface area contributed by atoms with Crippen LogP contribution in [0.2, 0.25) is 0 Å². The zero-order chi connectivity index (χ0) is 31.9. The molecule has 5 aliphatic rings. The SMILES string of the molecule is COc1ccc(COC(=O)N[C@@]23CC[C@]4(C)[C@H](CCC5[C@@]6(C)CC[C@H](O)C(C)(C)C6CC[C@]54C)C2=C(C(C)C)C(=O)C3)cc1. The molecular weight excluding hydrogens is 550 g/mol. The van der Waals surface area contributed by atoms with E-state index in [0.717, 1.165) is 68.3 Å². The minimum absolute atomic E-state index is 0.0301.